The van der Waals surface area contributed by atoms with Gasteiger partial charge in [0.1, 0.15) is 5.82 Å². The van der Waals surface area contributed by atoms with E-state index in [4.69, 9.17) is 0 Å². The van der Waals surface area contributed by atoms with Crippen molar-refractivity contribution in [2.45, 2.75) is 26.2 Å². The summed E-state index contributed by atoms with van der Waals surface area (Å²) in [5, 5.41) is 0. The molecule has 2 atom stereocenters. The number of carbonyl (C=O) groups excluding carboxylic acids is 1. The van der Waals surface area contributed by atoms with Crippen LogP contribution in [0.25, 0.3) is 0 Å². The van der Waals surface area contributed by atoms with E-state index >= 15 is 0 Å². The minimum Gasteiger partial charge on any atom is -0.356 e. The molecule has 2 heterocycles. The summed E-state index contributed by atoms with van der Waals surface area (Å²) in [5.41, 5.74) is 0.770. The summed E-state index contributed by atoms with van der Waals surface area (Å²) in [7, 11) is 0. The Morgan fingerprint density at radius 3 is 2.71 bits per heavy atom. The van der Waals surface area contributed by atoms with Crippen LogP contribution in [0.15, 0.2) is 18.3 Å². The lowest BCUT2D eigenvalue weighted by Gasteiger charge is -2.18. The number of nitrogens with zero attached hydrogens (tertiary/aromatic N) is 2. The third kappa shape index (κ3) is 1.94. The highest BCUT2D eigenvalue weighted by Crippen LogP contribution is 2.39. The van der Waals surface area contributed by atoms with Crippen LogP contribution in [0.3, 0.4) is 0 Å². The quantitative estimate of drug-likeness (QED) is 0.732. The van der Waals surface area contributed by atoms with Crippen molar-refractivity contribution >= 4 is 11.6 Å². The van der Waals surface area contributed by atoms with Crippen molar-refractivity contribution in [2.24, 2.45) is 11.8 Å². The molecule has 17 heavy (non-hydrogen) atoms. The van der Waals surface area contributed by atoms with Crippen molar-refractivity contribution in [1.29, 1.82) is 0 Å². The Balaban J connectivity index is 1.81. The van der Waals surface area contributed by atoms with E-state index in [1.54, 1.807) is 19.2 Å². The lowest BCUT2D eigenvalue weighted by molar-refractivity contribution is 0.101. The molecule has 90 valence electrons. The minimum absolute atomic E-state index is 0.119. The molecule has 2 aliphatic rings. The SMILES string of the molecule is CC(=O)c1ccnc(N2CC3CCCC3C2)c1. The van der Waals surface area contributed by atoms with E-state index in [0.717, 1.165) is 36.3 Å². The fraction of sp³-hybridized carbons (Fsp3) is 0.571. The lowest BCUT2D eigenvalue weighted by atomic mass is 10.0. The zero-order chi connectivity index (χ0) is 11.8. The third-order valence-electron chi connectivity index (χ3n) is 4.20. The zero-order valence-electron chi connectivity index (χ0n) is 10.2. The average Bonchev–Trinajstić information content (AvgIpc) is 2.89. The fourth-order valence-electron chi connectivity index (χ4n) is 3.23. The maximum Gasteiger partial charge on any atom is 0.159 e. The van der Waals surface area contributed by atoms with E-state index in [9.17, 15) is 4.79 Å². The number of anilines is 1. The Morgan fingerprint density at radius 2 is 2.06 bits per heavy atom. The highest BCUT2D eigenvalue weighted by Gasteiger charge is 2.36. The lowest BCUT2D eigenvalue weighted by Crippen LogP contribution is -2.22. The molecule has 1 aliphatic heterocycles. The van der Waals surface area contributed by atoms with Crippen molar-refractivity contribution in [2.75, 3.05) is 18.0 Å². The van der Waals surface area contributed by atoms with Crippen LogP contribution in [0.5, 0.6) is 0 Å². The number of Topliss-reactive ketones (excluding diaryl/α,β-unsaturated/α-hetero) is 1. The Labute approximate surface area is 102 Å². The molecule has 1 saturated heterocycles. The van der Waals surface area contributed by atoms with Crippen LogP contribution in [0.2, 0.25) is 0 Å². The molecular formula is C14H18N2O. The fourth-order valence-corrected chi connectivity index (χ4v) is 3.23. The van der Waals surface area contributed by atoms with Gasteiger partial charge in [-0.15, -0.1) is 0 Å². The molecule has 3 heteroatoms. The van der Waals surface area contributed by atoms with Gasteiger partial charge in [-0.3, -0.25) is 4.79 Å². The average molecular weight is 230 g/mol. The molecule has 0 aromatic carbocycles. The van der Waals surface area contributed by atoms with Gasteiger partial charge in [-0.05, 0) is 43.7 Å². The number of hydrogen-bond acceptors (Lipinski definition) is 3. The van der Waals surface area contributed by atoms with Gasteiger partial charge < -0.3 is 4.90 Å². The molecule has 0 spiro atoms. The number of ketones is 1. The standard InChI is InChI=1S/C14H18N2O/c1-10(17)11-5-6-15-14(7-11)16-8-12-3-2-4-13(12)9-16/h5-7,12-13H,2-4,8-9H2,1H3. The normalized spacial score (nSPS) is 27.2. The minimum atomic E-state index is 0.119. The third-order valence-corrected chi connectivity index (χ3v) is 4.20. The zero-order valence-corrected chi connectivity index (χ0v) is 10.2. The van der Waals surface area contributed by atoms with Crippen molar-refractivity contribution in [3.05, 3.63) is 23.9 Å². The van der Waals surface area contributed by atoms with Crippen molar-refractivity contribution in [1.82, 2.24) is 4.98 Å². The van der Waals surface area contributed by atoms with Crippen LogP contribution in [0.4, 0.5) is 5.82 Å². The molecular weight excluding hydrogens is 212 g/mol. The topological polar surface area (TPSA) is 33.2 Å². The molecule has 1 saturated carbocycles. The molecule has 0 radical (unpaired) electrons. The summed E-state index contributed by atoms with van der Waals surface area (Å²) >= 11 is 0. The predicted molar refractivity (Wildman–Crippen MR) is 67.3 cm³/mol. The van der Waals surface area contributed by atoms with Crippen molar-refractivity contribution < 1.29 is 4.79 Å². The van der Waals surface area contributed by atoms with Crippen LogP contribution in [-0.2, 0) is 0 Å². The Morgan fingerprint density at radius 1 is 1.35 bits per heavy atom. The maximum absolute atomic E-state index is 11.4. The van der Waals surface area contributed by atoms with E-state index in [1.165, 1.54) is 19.3 Å². The molecule has 3 nitrogen and oxygen atoms in total. The summed E-state index contributed by atoms with van der Waals surface area (Å²) in [6.07, 6.45) is 5.88. The molecule has 1 aliphatic carbocycles. The van der Waals surface area contributed by atoms with Gasteiger partial charge in [0.15, 0.2) is 5.78 Å². The van der Waals surface area contributed by atoms with Gasteiger partial charge in [-0.25, -0.2) is 4.98 Å². The molecule has 1 aromatic heterocycles. The van der Waals surface area contributed by atoms with E-state index in [1.807, 2.05) is 6.07 Å². The Hall–Kier alpha value is -1.38. The van der Waals surface area contributed by atoms with Crippen molar-refractivity contribution in [3.63, 3.8) is 0 Å². The van der Waals surface area contributed by atoms with Crippen LogP contribution in [0.1, 0.15) is 36.5 Å². The Kier molecular flexibility index (Phi) is 2.61. The summed E-state index contributed by atoms with van der Waals surface area (Å²) in [5.74, 6) is 2.82. The van der Waals surface area contributed by atoms with Crippen LogP contribution in [0, 0.1) is 11.8 Å². The number of rotatable bonds is 2. The largest absolute Gasteiger partial charge is 0.356 e. The van der Waals surface area contributed by atoms with E-state index in [2.05, 4.69) is 9.88 Å². The monoisotopic (exact) mass is 230 g/mol. The first-order valence-corrected chi connectivity index (χ1v) is 6.46. The van der Waals surface area contributed by atoms with Gasteiger partial charge in [0.2, 0.25) is 0 Å². The van der Waals surface area contributed by atoms with Gasteiger partial charge in [0, 0.05) is 24.8 Å². The summed E-state index contributed by atoms with van der Waals surface area (Å²) in [6, 6.07) is 3.73. The highest BCUT2D eigenvalue weighted by molar-refractivity contribution is 5.94. The number of hydrogen-bond donors (Lipinski definition) is 0. The summed E-state index contributed by atoms with van der Waals surface area (Å²) in [4.78, 5) is 18.1. The molecule has 0 bridgehead atoms. The summed E-state index contributed by atoms with van der Waals surface area (Å²) in [6.45, 7) is 3.86. The van der Waals surface area contributed by atoms with Gasteiger partial charge in [-0.2, -0.15) is 0 Å². The number of carbonyl (C=O) groups is 1. The maximum atomic E-state index is 11.4. The first-order chi connectivity index (χ1) is 8.24. The summed E-state index contributed by atoms with van der Waals surface area (Å²) < 4.78 is 0. The van der Waals surface area contributed by atoms with Crippen molar-refractivity contribution in [3.8, 4) is 0 Å². The molecule has 3 rings (SSSR count). The molecule has 0 N–H and O–H groups in total. The van der Waals surface area contributed by atoms with E-state index in [0.29, 0.717) is 0 Å². The second-order valence-corrected chi connectivity index (χ2v) is 5.31. The Bertz CT molecular complexity index is 432. The number of aromatic nitrogens is 1. The van der Waals surface area contributed by atoms with E-state index < -0.39 is 0 Å². The van der Waals surface area contributed by atoms with Gasteiger partial charge >= 0.3 is 0 Å². The van der Waals surface area contributed by atoms with Gasteiger partial charge in [0.25, 0.3) is 0 Å². The van der Waals surface area contributed by atoms with Gasteiger partial charge in [-0.1, -0.05) is 6.42 Å². The second kappa shape index (κ2) is 4.13. The molecule has 0 amide bonds. The van der Waals surface area contributed by atoms with E-state index in [-0.39, 0.29) is 5.78 Å². The van der Waals surface area contributed by atoms with Gasteiger partial charge in [0.05, 0.1) is 0 Å². The second-order valence-electron chi connectivity index (χ2n) is 5.31. The number of fused-ring (bicyclic) bond motifs is 1. The van der Waals surface area contributed by atoms with Crippen LogP contribution >= 0.6 is 0 Å². The van der Waals surface area contributed by atoms with Crippen LogP contribution < -0.4 is 4.90 Å². The first kappa shape index (κ1) is 10.8. The number of pyridine rings is 1. The predicted octanol–water partition coefficient (Wildman–Crippen LogP) is 2.52. The molecule has 1 aromatic rings. The molecule has 2 fully saturated rings. The smallest absolute Gasteiger partial charge is 0.159 e. The first-order valence-electron chi connectivity index (χ1n) is 6.46. The molecule has 2 unspecified atom stereocenters. The van der Waals surface area contributed by atoms with Crippen LogP contribution in [-0.4, -0.2) is 23.9 Å². The highest BCUT2D eigenvalue weighted by atomic mass is 16.1.